The third kappa shape index (κ3) is 5.37. The van der Waals surface area contributed by atoms with Crippen LogP contribution in [0.3, 0.4) is 0 Å². The van der Waals surface area contributed by atoms with Crippen LogP contribution in [0.1, 0.15) is 54.9 Å². The second-order valence-electron chi connectivity index (χ2n) is 7.40. The van der Waals surface area contributed by atoms with Gasteiger partial charge >= 0.3 is 0 Å². The summed E-state index contributed by atoms with van der Waals surface area (Å²) < 4.78 is 5.42. The molecular weight excluding hydrogens is 364 g/mol. The number of likely N-dealkylation sites (tertiary alicyclic amines) is 1. The molecule has 0 spiro atoms. The van der Waals surface area contributed by atoms with Gasteiger partial charge in [0.2, 0.25) is 5.91 Å². The van der Waals surface area contributed by atoms with E-state index in [-0.39, 0.29) is 23.8 Å². The lowest BCUT2D eigenvalue weighted by Gasteiger charge is -2.34. The topological polar surface area (TPSA) is 58.6 Å². The van der Waals surface area contributed by atoms with Crippen LogP contribution in [-0.4, -0.2) is 42.5 Å². The largest absolute Gasteiger partial charge is 0.494 e. The Morgan fingerprint density at radius 3 is 2.28 bits per heavy atom. The highest BCUT2D eigenvalue weighted by atomic mass is 16.5. The van der Waals surface area contributed by atoms with Crippen molar-refractivity contribution in [2.75, 3.05) is 19.7 Å². The monoisotopic (exact) mass is 394 g/mol. The predicted octanol–water partition coefficient (Wildman–Crippen LogP) is 4.00. The van der Waals surface area contributed by atoms with Crippen LogP contribution in [-0.2, 0) is 4.79 Å². The summed E-state index contributed by atoms with van der Waals surface area (Å²) in [6.45, 7) is 5.94. The Bertz CT molecular complexity index is 797. The van der Waals surface area contributed by atoms with Gasteiger partial charge < -0.3 is 15.0 Å². The van der Waals surface area contributed by atoms with Crippen molar-refractivity contribution >= 4 is 11.8 Å². The lowest BCUT2D eigenvalue weighted by Crippen LogP contribution is -2.47. The normalized spacial score (nSPS) is 15.6. The summed E-state index contributed by atoms with van der Waals surface area (Å²) in [6.07, 6.45) is 2.34. The van der Waals surface area contributed by atoms with Gasteiger partial charge in [-0.3, -0.25) is 9.59 Å². The van der Waals surface area contributed by atoms with E-state index in [2.05, 4.69) is 12.2 Å². The molecule has 5 nitrogen and oxygen atoms in total. The minimum atomic E-state index is -0.0915. The lowest BCUT2D eigenvalue weighted by atomic mass is 9.93. The van der Waals surface area contributed by atoms with Crippen LogP contribution in [0.15, 0.2) is 54.6 Å². The fourth-order valence-electron chi connectivity index (χ4n) is 3.84. The SMILES string of the molecule is CCOc1ccc(C(=O)NC2CCN(C(=O)C(CC)c3ccccc3)CC2)cc1. The molecule has 29 heavy (non-hydrogen) atoms. The van der Waals surface area contributed by atoms with E-state index in [9.17, 15) is 9.59 Å². The van der Waals surface area contributed by atoms with Crippen molar-refractivity contribution < 1.29 is 14.3 Å². The highest BCUT2D eigenvalue weighted by molar-refractivity contribution is 5.94. The minimum absolute atomic E-state index is 0.0754. The number of benzene rings is 2. The standard InChI is InChI=1S/C24H30N2O3/c1-3-22(18-8-6-5-7-9-18)24(28)26-16-14-20(15-17-26)25-23(27)19-10-12-21(13-11-19)29-4-2/h5-13,20,22H,3-4,14-17H2,1-2H3,(H,25,27). The minimum Gasteiger partial charge on any atom is -0.494 e. The molecule has 1 atom stereocenters. The number of hydrogen-bond donors (Lipinski definition) is 1. The quantitative estimate of drug-likeness (QED) is 0.772. The number of rotatable bonds is 7. The Kier molecular flexibility index (Phi) is 7.28. The molecule has 0 aliphatic carbocycles. The third-order valence-electron chi connectivity index (χ3n) is 5.48. The van der Waals surface area contributed by atoms with Gasteiger partial charge in [0, 0.05) is 24.7 Å². The molecule has 2 amide bonds. The number of ether oxygens (including phenoxy) is 1. The number of amides is 2. The summed E-state index contributed by atoms with van der Waals surface area (Å²) >= 11 is 0. The molecular formula is C24H30N2O3. The summed E-state index contributed by atoms with van der Waals surface area (Å²) in [5.41, 5.74) is 1.70. The Morgan fingerprint density at radius 1 is 1.03 bits per heavy atom. The van der Waals surface area contributed by atoms with Crippen molar-refractivity contribution in [2.45, 2.75) is 45.1 Å². The van der Waals surface area contributed by atoms with Crippen molar-refractivity contribution in [1.82, 2.24) is 10.2 Å². The van der Waals surface area contributed by atoms with Crippen molar-refractivity contribution in [3.05, 3.63) is 65.7 Å². The molecule has 1 unspecified atom stereocenters. The number of piperidine rings is 1. The van der Waals surface area contributed by atoms with E-state index < -0.39 is 0 Å². The maximum atomic E-state index is 13.0. The van der Waals surface area contributed by atoms with Crippen LogP contribution < -0.4 is 10.1 Å². The van der Waals surface area contributed by atoms with Crippen LogP contribution in [0, 0.1) is 0 Å². The fraction of sp³-hybridized carbons (Fsp3) is 0.417. The second kappa shape index (κ2) is 10.1. The van der Waals surface area contributed by atoms with Crippen molar-refractivity contribution in [3.8, 4) is 5.75 Å². The molecule has 1 aliphatic heterocycles. The molecule has 1 heterocycles. The maximum Gasteiger partial charge on any atom is 0.251 e. The molecule has 5 heteroatoms. The average Bonchev–Trinajstić information content (AvgIpc) is 2.76. The van der Waals surface area contributed by atoms with Gasteiger partial charge in [0.05, 0.1) is 12.5 Å². The van der Waals surface area contributed by atoms with Gasteiger partial charge in [0.25, 0.3) is 5.91 Å². The molecule has 1 aliphatic rings. The van der Waals surface area contributed by atoms with E-state index in [0.717, 1.165) is 30.6 Å². The predicted molar refractivity (Wildman–Crippen MR) is 114 cm³/mol. The number of carbonyl (C=O) groups excluding carboxylic acids is 2. The average molecular weight is 395 g/mol. The highest BCUT2D eigenvalue weighted by Gasteiger charge is 2.28. The van der Waals surface area contributed by atoms with Crippen molar-refractivity contribution in [1.29, 1.82) is 0 Å². The van der Waals surface area contributed by atoms with Crippen LogP contribution >= 0.6 is 0 Å². The van der Waals surface area contributed by atoms with E-state index in [4.69, 9.17) is 4.74 Å². The summed E-state index contributed by atoms with van der Waals surface area (Å²) in [5, 5.41) is 3.10. The number of carbonyl (C=O) groups is 2. The molecule has 1 fully saturated rings. The summed E-state index contributed by atoms with van der Waals surface area (Å²) in [4.78, 5) is 27.4. The summed E-state index contributed by atoms with van der Waals surface area (Å²) in [6, 6.07) is 17.3. The zero-order valence-corrected chi connectivity index (χ0v) is 17.3. The molecule has 0 saturated carbocycles. The molecule has 2 aromatic carbocycles. The number of hydrogen-bond acceptors (Lipinski definition) is 3. The van der Waals surface area contributed by atoms with Gasteiger partial charge in [0.1, 0.15) is 5.75 Å². The first-order valence-electron chi connectivity index (χ1n) is 10.5. The van der Waals surface area contributed by atoms with Crippen LogP contribution in [0.4, 0.5) is 0 Å². The molecule has 0 aromatic heterocycles. The highest BCUT2D eigenvalue weighted by Crippen LogP contribution is 2.24. The summed E-state index contributed by atoms with van der Waals surface area (Å²) in [5.74, 6) is 0.787. The Hall–Kier alpha value is -2.82. The molecule has 1 N–H and O–H groups in total. The van der Waals surface area contributed by atoms with Crippen LogP contribution in [0.5, 0.6) is 5.75 Å². The van der Waals surface area contributed by atoms with Gasteiger partial charge in [-0.15, -0.1) is 0 Å². The molecule has 2 aromatic rings. The molecule has 3 rings (SSSR count). The molecule has 154 valence electrons. The van der Waals surface area contributed by atoms with Gasteiger partial charge in [0.15, 0.2) is 0 Å². The van der Waals surface area contributed by atoms with Gasteiger partial charge in [-0.1, -0.05) is 37.3 Å². The Balaban J connectivity index is 1.52. The van der Waals surface area contributed by atoms with Crippen LogP contribution in [0.2, 0.25) is 0 Å². The number of nitrogens with one attached hydrogen (secondary N) is 1. The van der Waals surface area contributed by atoms with Crippen LogP contribution in [0.25, 0.3) is 0 Å². The first-order valence-corrected chi connectivity index (χ1v) is 10.5. The van der Waals surface area contributed by atoms with E-state index in [0.29, 0.717) is 25.3 Å². The van der Waals surface area contributed by atoms with E-state index in [1.807, 2.05) is 54.3 Å². The Labute approximate surface area is 173 Å². The second-order valence-corrected chi connectivity index (χ2v) is 7.40. The maximum absolute atomic E-state index is 13.0. The smallest absolute Gasteiger partial charge is 0.251 e. The van der Waals surface area contributed by atoms with E-state index in [1.54, 1.807) is 12.1 Å². The van der Waals surface area contributed by atoms with E-state index in [1.165, 1.54) is 0 Å². The van der Waals surface area contributed by atoms with Crippen molar-refractivity contribution in [3.63, 3.8) is 0 Å². The molecule has 0 bridgehead atoms. The fourth-order valence-corrected chi connectivity index (χ4v) is 3.84. The summed E-state index contributed by atoms with van der Waals surface area (Å²) in [7, 11) is 0. The zero-order chi connectivity index (χ0) is 20.6. The first kappa shape index (κ1) is 20.9. The third-order valence-corrected chi connectivity index (χ3v) is 5.48. The van der Waals surface area contributed by atoms with E-state index >= 15 is 0 Å². The van der Waals surface area contributed by atoms with Gasteiger partial charge in [-0.25, -0.2) is 0 Å². The lowest BCUT2D eigenvalue weighted by molar-refractivity contribution is -0.134. The number of nitrogens with zero attached hydrogens (tertiary/aromatic N) is 1. The zero-order valence-electron chi connectivity index (χ0n) is 17.3. The van der Waals surface area contributed by atoms with Gasteiger partial charge in [-0.2, -0.15) is 0 Å². The Morgan fingerprint density at radius 2 is 1.69 bits per heavy atom. The van der Waals surface area contributed by atoms with Crippen molar-refractivity contribution in [2.24, 2.45) is 0 Å². The molecule has 0 radical (unpaired) electrons. The molecule has 1 saturated heterocycles. The van der Waals surface area contributed by atoms with Gasteiger partial charge in [-0.05, 0) is 56.0 Å². The first-order chi connectivity index (χ1) is 14.1.